The standard InChI is InChI=1S/C28H34N2O3/c1-5-21(3)30(28(31)29-25-15-12-22(6-2)13-16-25)19-24-14-17-26(27(18-24)32-4)33-20-23-10-8-7-9-11-23/h7-18,21H,5-6,19-20H2,1-4H3,(H,29,31). The predicted molar refractivity (Wildman–Crippen MR) is 134 cm³/mol. The molecule has 33 heavy (non-hydrogen) atoms. The van der Waals surface area contributed by atoms with Crippen molar-refractivity contribution >= 4 is 11.7 Å². The van der Waals surface area contributed by atoms with E-state index in [0.29, 0.717) is 24.7 Å². The Kier molecular flexibility index (Phi) is 8.76. The fourth-order valence-electron chi connectivity index (χ4n) is 3.53. The van der Waals surface area contributed by atoms with E-state index >= 15 is 0 Å². The number of methoxy groups -OCH3 is 1. The molecule has 0 aliphatic rings. The Labute approximate surface area is 197 Å². The van der Waals surface area contributed by atoms with Crippen molar-refractivity contribution in [3.8, 4) is 11.5 Å². The second kappa shape index (κ2) is 12.0. The lowest BCUT2D eigenvalue weighted by molar-refractivity contribution is 0.187. The summed E-state index contributed by atoms with van der Waals surface area (Å²) in [4.78, 5) is 15.0. The third-order valence-corrected chi connectivity index (χ3v) is 5.82. The second-order valence-electron chi connectivity index (χ2n) is 8.13. The zero-order valence-electron chi connectivity index (χ0n) is 20.0. The van der Waals surface area contributed by atoms with Crippen molar-refractivity contribution in [2.24, 2.45) is 0 Å². The number of benzene rings is 3. The number of amides is 2. The van der Waals surface area contributed by atoms with E-state index in [1.54, 1.807) is 7.11 Å². The van der Waals surface area contributed by atoms with Gasteiger partial charge in [-0.05, 0) is 60.7 Å². The molecule has 0 heterocycles. The van der Waals surface area contributed by atoms with Gasteiger partial charge in [-0.1, -0.05) is 62.4 Å². The molecule has 5 heteroatoms. The Morgan fingerprint density at radius 2 is 1.61 bits per heavy atom. The molecule has 2 amide bonds. The van der Waals surface area contributed by atoms with Crippen molar-refractivity contribution in [1.82, 2.24) is 4.90 Å². The molecule has 3 aromatic rings. The van der Waals surface area contributed by atoms with Gasteiger partial charge in [-0.2, -0.15) is 0 Å². The maximum atomic E-state index is 13.1. The van der Waals surface area contributed by atoms with Gasteiger partial charge in [0, 0.05) is 18.3 Å². The zero-order valence-corrected chi connectivity index (χ0v) is 20.0. The molecule has 1 unspecified atom stereocenters. The quantitative estimate of drug-likeness (QED) is 0.378. The summed E-state index contributed by atoms with van der Waals surface area (Å²) in [6.45, 7) is 7.21. The lowest BCUT2D eigenvalue weighted by Gasteiger charge is -2.29. The third kappa shape index (κ3) is 6.75. The average molecular weight is 447 g/mol. The maximum Gasteiger partial charge on any atom is 0.322 e. The van der Waals surface area contributed by atoms with Gasteiger partial charge in [0.05, 0.1) is 7.11 Å². The van der Waals surface area contributed by atoms with E-state index in [1.165, 1.54) is 5.56 Å². The first kappa shape index (κ1) is 24.2. The molecule has 0 bridgehead atoms. The first-order chi connectivity index (χ1) is 16.0. The van der Waals surface area contributed by atoms with Gasteiger partial charge in [0.2, 0.25) is 0 Å². The summed E-state index contributed by atoms with van der Waals surface area (Å²) in [5.41, 5.74) is 4.12. The lowest BCUT2D eigenvalue weighted by Crippen LogP contribution is -2.40. The maximum absolute atomic E-state index is 13.1. The molecule has 5 nitrogen and oxygen atoms in total. The zero-order chi connectivity index (χ0) is 23.6. The highest BCUT2D eigenvalue weighted by Gasteiger charge is 2.20. The summed E-state index contributed by atoms with van der Waals surface area (Å²) in [5.74, 6) is 1.34. The summed E-state index contributed by atoms with van der Waals surface area (Å²) in [6, 6.07) is 23.8. The van der Waals surface area contributed by atoms with Gasteiger partial charge in [-0.15, -0.1) is 0 Å². The van der Waals surface area contributed by atoms with E-state index in [4.69, 9.17) is 9.47 Å². The number of carbonyl (C=O) groups excluding carboxylic acids is 1. The molecule has 0 spiro atoms. The predicted octanol–water partition coefficient (Wildman–Crippen LogP) is 6.67. The Bertz CT molecular complexity index is 1020. The van der Waals surface area contributed by atoms with Crippen molar-refractivity contribution in [2.75, 3.05) is 12.4 Å². The van der Waals surface area contributed by atoms with E-state index in [9.17, 15) is 4.79 Å². The number of carbonyl (C=O) groups is 1. The largest absolute Gasteiger partial charge is 0.493 e. The highest BCUT2D eigenvalue weighted by atomic mass is 16.5. The van der Waals surface area contributed by atoms with Crippen LogP contribution in [0.1, 0.15) is 43.9 Å². The molecule has 0 fully saturated rings. The van der Waals surface area contributed by atoms with Crippen molar-refractivity contribution in [3.05, 3.63) is 89.5 Å². The molecule has 0 saturated heterocycles. The molecule has 0 aliphatic heterocycles. The van der Waals surface area contributed by atoms with Crippen LogP contribution in [-0.2, 0) is 19.6 Å². The summed E-state index contributed by atoms with van der Waals surface area (Å²) in [7, 11) is 1.63. The molecule has 0 saturated carbocycles. The second-order valence-corrected chi connectivity index (χ2v) is 8.13. The Morgan fingerprint density at radius 3 is 2.24 bits per heavy atom. The van der Waals surface area contributed by atoms with Gasteiger partial charge in [-0.3, -0.25) is 0 Å². The molecule has 1 atom stereocenters. The first-order valence-electron chi connectivity index (χ1n) is 11.5. The number of nitrogens with zero attached hydrogens (tertiary/aromatic N) is 1. The van der Waals surface area contributed by atoms with Gasteiger partial charge in [0.25, 0.3) is 0 Å². The molecule has 3 aromatic carbocycles. The fourth-order valence-corrected chi connectivity index (χ4v) is 3.53. The van der Waals surface area contributed by atoms with Crippen LogP contribution >= 0.6 is 0 Å². The number of aryl methyl sites for hydroxylation is 1. The van der Waals surface area contributed by atoms with Gasteiger partial charge < -0.3 is 19.7 Å². The van der Waals surface area contributed by atoms with Crippen LogP contribution in [0.3, 0.4) is 0 Å². The lowest BCUT2D eigenvalue weighted by atomic mass is 10.1. The monoisotopic (exact) mass is 446 g/mol. The van der Waals surface area contributed by atoms with Crippen LogP contribution < -0.4 is 14.8 Å². The van der Waals surface area contributed by atoms with Crippen molar-refractivity contribution < 1.29 is 14.3 Å². The minimum absolute atomic E-state index is 0.0833. The first-order valence-corrected chi connectivity index (χ1v) is 11.5. The molecule has 0 radical (unpaired) electrons. The number of rotatable bonds is 10. The van der Waals surface area contributed by atoms with Crippen molar-refractivity contribution in [1.29, 1.82) is 0 Å². The van der Waals surface area contributed by atoms with E-state index in [2.05, 4.69) is 26.1 Å². The van der Waals surface area contributed by atoms with E-state index in [0.717, 1.165) is 29.7 Å². The highest BCUT2D eigenvalue weighted by molar-refractivity contribution is 5.89. The van der Waals surface area contributed by atoms with Gasteiger partial charge in [0.15, 0.2) is 11.5 Å². The van der Waals surface area contributed by atoms with E-state index in [-0.39, 0.29) is 12.1 Å². The SMILES string of the molecule is CCc1ccc(NC(=O)N(Cc2ccc(OCc3ccccc3)c(OC)c2)C(C)CC)cc1. The topological polar surface area (TPSA) is 50.8 Å². The molecule has 0 aliphatic carbocycles. The molecule has 174 valence electrons. The smallest absolute Gasteiger partial charge is 0.322 e. The third-order valence-electron chi connectivity index (χ3n) is 5.82. The number of hydrogen-bond donors (Lipinski definition) is 1. The van der Waals surface area contributed by atoms with Gasteiger partial charge >= 0.3 is 6.03 Å². The van der Waals surface area contributed by atoms with Crippen LogP contribution in [0.25, 0.3) is 0 Å². The number of urea groups is 1. The number of nitrogens with one attached hydrogen (secondary N) is 1. The van der Waals surface area contributed by atoms with Crippen LogP contribution in [0.2, 0.25) is 0 Å². The fraction of sp³-hybridized carbons (Fsp3) is 0.321. The summed E-state index contributed by atoms with van der Waals surface area (Å²) >= 11 is 0. The molecular formula is C28H34N2O3. The summed E-state index contributed by atoms with van der Waals surface area (Å²) in [6.07, 6.45) is 1.83. The van der Waals surface area contributed by atoms with Crippen LogP contribution in [0.5, 0.6) is 11.5 Å². The van der Waals surface area contributed by atoms with Gasteiger partial charge in [0.1, 0.15) is 6.61 Å². The normalized spacial score (nSPS) is 11.5. The average Bonchev–Trinajstić information content (AvgIpc) is 2.86. The highest BCUT2D eigenvalue weighted by Crippen LogP contribution is 2.30. The van der Waals surface area contributed by atoms with Crippen LogP contribution in [0.15, 0.2) is 72.8 Å². The van der Waals surface area contributed by atoms with Crippen LogP contribution in [-0.4, -0.2) is 24.1 Å². The van der Waals surface area contributed by atoms with Crippen LogP contribution in [0, 0.1) is 0 Å². The molecule has 3 rings (SSSR count). The molecular weight excluding hydrogens is 412 g/mol. The Hall–Kier alpha value is -3.47. The number of anilines is 1. The van der Waals surface area contributed by atoms with Crippen LogP contribution in [0.4, 0.5) is 10.5 Å². The molecule has 1 N–H and O–H groups in total. The minimum Gasteiger partial charge on any atom is -0.493 e. The molecule has 0 aromatic heterocycles. The minimum atomic E-state index is -0.114. The van der Waals surface area contributed by atoms with E-state index in [1.807, 2.05) is 77.7 Å². The van der Waals surface area contributed by atoms with Crippen molar-refractivity contribution in [3.63, 3.8) is 0 Å². The summed E-state index contributed by atoms with van der Waals surface area (Å²) < 4.78 is 11.5. The Balaban J connectivity index is 1.71. The number of ether oxygens (including phenoxy) is 2. The van der Waals surface area contributed by atoms with Gasteiger partial charge in [-0.25, -0.2) is 4.79 Å². The Morgan fingerprint density at radius 1 is 0.909 bits per heavy atom. The van der Waals surface area contributed by atoms with Crippen molar-refractivity contribution in [2.45, 2.75) is 52.8 Å². The van der Waals surface area contributed by atoms with E-state index < -0.39 is 0 Å². The summed E-state index contributed by atoms with van der Waals surface area (Å²) in [5, 5.41) is 3.04. The number of hydrogen-bond acceptors (Lipinski definition) is 3.